The molecule has 190 valence electrons. The normalized spacial score (nSPS) is 11.4. The maximum atomic E-state index is 13.1. The van der Waals surface area contributed by atoms with Gasteiger partial charge >= 0.3 is 11.4 Å². The molecule has 3 aromatic carbocycles. The van der Waals surface area contributed by atoms with Crippen molar-refractivity contribution in [1.82, 2.24) is 14.1 Å². The molecule has 4 rings (SSSR count). The van der Waals surface area contributed by atoms with Gasteiger partial charge in [0.2, 0.25) is 11.5 Å². The summed E-state index contributed by atoms with van der Waals surface area (Å²) in [5, 5.41) is 3.37. The largest absolute Gasteiger partial charge is 0.457 e. The highest BCUT2D eigenvalue weighted by molar-refractivity contribution is 6.30. The summed E-state index contributed by atoms with van der Waals surface area (Å²) in [6.45, 7) is 5.47. The lowest BCUT2D eigenvalue weighted by Crippen LogP contribution is -2.49. The molecule has 0 saturated heterocycles. The Morgan fingerprint density at radius 3 is 2.38 bits per heavy atom. The number of benzene rings is 3. The molecule has 0 aliphatic heterocycles. The first kappa shape index (κ1) is 25.7. The molecule has 0 saturated carbocycles. The third kappa shape index (κ3) is 6.07. The second-order valence-corrected chi connectivity index (χ2v) is 8.75. The summed E-state index contributed by atoms with van der Waals surface area (Å²) < 4.78 is 8.52. The lowest BCUT2D eigenvalue weighted by Gasteiger charge is -2.13. The van der Waals surface area contributed by atoms with Crippen LogP contribution < -0.4 is 27.1 Å². The number of carbonyl (C=O) groups excluding carboxylic acids is 1. The number of H-pyrrole nitrogens is 1. The minimum atomic E-state index is -0.534. The van der Waals surface area contributed by atoms with Crippen LogP contribution in [0.1, 0.15) is 25.0 Å². The number of nitrogens with zero attached hydrogens (tertiary/aromatic N) is 3. The topological polar surface area (TPSA) is 110 Å². The van der Waals surface area contributed by atoms with Gasteiger partial charge < -0.3 is 10.1 Å². The summed E-state index contributed by atoms with van der Waals surface area (Å²) in [7, 11) is 0. The maximum Gasteiger partial charge on any atom is 0.335 e. The van der Waals surface area contributed by atoms with Gasteiger partial charge in [-0.25, -0.2) is 19.1 Å². The first-order valence-electron chi connectivity index (χ1n) is 11.6. The molecule has 4 aromatic rings. The van der Waals surface area contributed by atoms with Crippen molar-refractivity contribution in [3.8, 4) is 11.5 Å². The summed E-state index contributed by atoms with van der Waals surface area (Å²) in [5.41, 5.74) is 1.95. The first-order valence-corrected chi connectivity index (χ1v) is 12.0. The van der Waals surface area contributed by atoms with E-state index < -0.39 is 11.4 Å². The van der Waals surface area contributed by atoms with Crippen LogP contribution >= 0.6 is 11.6 Å². The number of nitrogens with one attached hydrogen (secondary N) is 2. The Bertz CT molecular complexity index is 1620. The molecule has 1 aromatic heterocycles. The van der Waals surface area contributed by atoms with Crippen molar-refractivity contribution in [2.45, 2.75) is 33.9 Å². The molecule has 9 nitrogen and oxygen atoms in total. The molecule has 37 heavy (non-hydrogen) atoms. The van der Waals surface area contributed by atoms with Crippen molar-refractivity contribution < 1.29 is 9.53 Å². The molecule has 2 N–H and O–H groups in total. The standard InChI is InChI=1S/C27H26ClN5O4/c1-4-32-26(35)31-25(33(27(32)36)16-19-8-10-20(28)11-9-19)30-21-12-14-22(15-13-21)37-24-7-5-6-23(17(24)2)29-18(3)34/h5-15H,4,16H2,1-3H3,(H,29,34)(H,30,31,35). The van der Waals surface area contributed by atoms with Crippen LogP contribution in [0, 0.1) is 6.92 Å². The minimum absolute atomic E-state index is 0.127. The van der Waals surface area contributed by atoms with Crippen molar-refractivity contribution in [2.75, 3.05) is 5.32 Å². The van der Waals surface area contributed by atoms with E-state index in [-0.39, 0.29) is 24.6 Å². The molecule has 0 spiro atoms. The van der Waals surface area contributed by atoms with Gasteiger partial charge in [0.05, 0.1) is 12.2 Å². The molecular weight excluding hydrogens is 494 g/mol. The van der Waals surface area contributed by atoms with Crippen molar-refractivity contribution in [3.63, 3.8) is 0 Å². The number of anilines is 1. The summed E-state index contributed by atoms with van der Waals surface area (Å²) in [4.78, 5) is 44.2. The zero-order chi connectivity index (χ0) is 26.5. The van der Waals surface area contributed by atoms with Crippen LogP contribution in [0.25, 0.3) is 0 Å². The number of halogens is 1. The zero-order valence-corrected chi connectivity index (χ0v) is 21.4. The van der Waals surface area contributed by atoms with Gasteiger partial charge in [0.1, 0.15) is 11.5 Å². The van der Waals surface area contributed by atoms with Gasteiger partial charge in [-0.15, -0.1) is 0 Å². The predicted molar refractivity (Wildman–Crippen MR) is 143 cm³/mol. The van der Waals surface area contributed by atoms with Crippen LogP contribution in [0.5, 0.6) is 11.5 Å². The Balaban J connectivity index is 1.67. The Morgan fingerprint density at radius 1 is 1.03 bits per heavy atom. The lowest BCUT2D eigenvalue weighted by molar-refractivity contribution is -0.114. The predicted octanol–water partition coefficient (Wildman–Crippen LogP) is 4.35. The van der Waals surface area contributed by atoms with Gasteiger partial charge in [0.15, 0.2) is 0 Å². The summed E-state index contributed by atoms with van der Waals surface area (Å²) in [6.07, 6.45) is 0. The SMILES string of the molecule is CCn1c(=O)[nH]/c(=N\c2ccc(Oc3cccc(NC(C)=O)c3C)cc2)n(Cc2ccc(Cl)cc2)c1=O. The Labute approximate surface area is 217 Å². The molecule has 0 unspecified atom stereocenters. The molecular formula is C27H26ClN5O4. The number of aromatic nitrogens is 3. The van der Waals surface area contributed by atoms with Gasteiger partial charge in [-0.2, -0.15) is 0 Å². The van der Waals surface area contributed by atoms with E-state index in [9.17, 15) is 14.4 Å². The van der Waals surface area contributed by atoms with Crippen LogP contribution in [0.4, 0.5) is 11.4 Å². The number of ether oxygens (including phenoxy) is 1. The Hall–Kier alpha value is -4.37. The van der Waals surface area contributed by atoms with Crippen molar-refractivity contribution >= 4 is 28.9 Å². The Kier molecular flexibility index (Phi) is 7.74. The van der Waals surface area contributed by atoms with Gasteiger partial charge in [-0.1, -0.05) is 29.8 Å². The van der Waals surface area contributed by atoms with E-state index in [1.165, 1.54) is 11.5 Å². The van der Waals surface area contributed by atoms with E-state index in [2.05, 4.69) is 15.3 Å². The number of aromatic amines is 1. The lowest BCUT2D eigenvalue weighted by atomic mass is 10.1. The van der Waals surface area contributed by atoms with Crippen molar-refractivity contribution in [1.29, 1.82) is 0 Å². The monoisotopic (exact) mass is 519 g/mol. The fourth-order valence-corrected chi connectivity index (χ4v) is 3.85. The smallest absolute Gasteiger partial charge is 0.335 e. The summed E-state index contributed by atoms with van der Waals surface area (Å²) >= 11 is 5.99. The van der Waals surface area contributed by atoms with Gasteiger partial charge in [-0.3, -0.25) is 14.3 Å². The van der Waals surface area contributed by atoms with Gasteiger partial charge in [-0.05, 0) is 67.9 Å². The van der Waals surface area contributed by atoms with Gasteiger partial charge in [0, 0.05) is 29.7 Å². The average molecular weight is 520 g/mol. The van der Waals surface area contributed by atoms with Crippen molar-refractivity contribution in [3.05, 3.63) is 109 Å². The molecule has 1 heterocycles. The van der Waals surface area contributed by atoms with Crippen LogP contribution in [0.15, 0.2) is 81.3 Å². The molecule has 10 heteroatoms. The fraction of sp³-hybridized carbons (Fsp3) is 0.185. The van der Waals surface area contributed by atoms with E-state index in [4.69, 9.17) is 16.3 Å². The fourth-order valence-electron chi connectivity index (χ4n) is 3.72. The van der Waals surface area contributed by atoms with Gasteiger partial charge in [0.25, 0.3) is 0 Å². The second kappa shape index (κ2) is 11.1. The third-order valence-electron chi connectivity index (χ3n) is 5.65. The molecule has 0 radical (unpaired) electrons. The highest BCUT2D eigenvalue weighted by Gasteiger charge is 2.10. The summed E-state index contributed by atoms with van der Waals surface area (Å²) in [5.74, 6) is 0.999. The van der Waals surface area contributed by atoms with Crippen LogP contribution in [-0.2, 0) is 17.9 Å². The Morgan fingerprint density at radius 2 is 1.73 bits per heavy atom. The summed E-state index contributed by atoms with van der Waals surface area (Å²) in [6, 6.07) is 19.4. The molecule has 0 fully saturated rings. The second-order valence-electron chi connectivity index (χ2n) is 8.31. The van der Waals surface area contributed by atoms with E-state index >= 15 is 0 Å². The highest BCUT2D eigenvalue weighted by Crippen LogP contribution is 2.30. The molecule has 0 aliphatic carbocycles. The first-order chi connectivity index (χ1) is 17.7. The third-order valence-corrected chi connectivity index (χ3v) is 5.90. The number of hydrogen-bond donors (Lipinski definition) is 2. The minimum Gasteiger partial charge on any atom is -0.457 e. The van der Waals surface area contributed by atoms with Crippen LogP contribution in [-0.4, -0.2) is 20.0 Å². The quantitative estimate of drug-likeness (QED) is 0.378. The number of hydrogen-bond acceptors (Lipinski definition) is 5. The van der Waals surface area contributed by atoms with Crippen LogP contribution in [0.2, 0.25) is 5.02 Å². The molecule has 0 bridgehead atoms. The van der Waals surface area contributed by atoms with Crippen molar-refractivity contribution in [2.24, 2.45) is 4.99 Å². The number of rotatable bonds is 7. The average Bonchev–Trinajstić information content (AvgIpc) is 2.86. The maximum absolute atomic E-state index is 13.1. The highest BCUT2D eigenvalue weighted by atomic mass is 35.5. The number of carbonyl (C=O) groups is 1. The van der Waals surface area contributed by atoms with E-state index in [1.54, 1.807) is 55.5 Å². The van der Waals surface area contributed by atoms with E-state index in [0.717, 1.165) is 15.7 Å². The van der Waals surface area contributed by atoms with Crippen LogP contribution in [0.3, 0.4) is 0 Å². The molecule has 1 amide bonds. The zero-order valence-electron chi connectivity index (χ0n) is 20.6. The molecule has 0 atom stereocenters. The van der Waals surface area contributed by atoms with E-state index in [0.29, 0.717) is 27.9 Å². The number of amides is 1. The van der Waals surface area contributed by atoms with E-state index in [1.807, 2.05) is 25.1 Å². The molecule has 0 aliphatic rings.